The van der Waals surface area contributed by atoms with E-state index in [-0.39, 0.29) is 5.91 Å². The van der Waals surface area contributed by atoms with Crippen LogP contribution in [0.15, 0.2) is 15.9 Å². The van der Waals surface area contributed by atoms with Gasteiger partial charge in [0.2, 0.25) is 5.91 Å². The molecule has 0 bridgehead atoms. The van der Waals surface area contributed by atoms with E-state index in [0.29, 0.717) is 13.0 Å². The lowest BCUT2D eigenvalue weighted by atomic mass is 10.3. The molecule has 0 saturated carbocycles. The quantitative estimate of drug-likeness (QED) is 0.819. The van der Waals surface area contributed by atoms with Crippen LogP contribution in [0.4, 0.5) is 0 Å². The number of nitrogens with one attached hydrogen (secondary N) is 1. The lowest BCUT2D eigenvalue weighted by Gasteiger charge is -2.16. The number of amides is 1. The van der Waals surface area contributed by atoms with Crippen molar-refractivity contribution in [2.24, 2.45) is 0 Å². The van der Waals surface area contributed by atoms with Crippen molar-refractivity contribution in [2.45, 2.75) is 19.9 Å². The highest BCUT2D eigenvalue weighted by molar-refractivity contribution is 9.10. The van der Waals surface area contributed by atoms with Gasteiger partial charge in [-0.3, -0.25) is 4.79 Å². The summed E-state index contributed by atoms with van der Waals surface area (Å²) in [5.41, 5.74) is 0. The Bertz CT molecular complexity index is 340. The van der Waals surface area contributed by atoms with Gasteiger partial charge in [-0.2, -0.15) is 0 Å². The van der Waals surface area contributed by atoms with E-state index >= 15 is 0 Å². The van der Waals surface area contributed by atoms with Crippen LogP contribution in [0.5, 0.6) is 0 Å². The lowest BCUT2D eigenvalue weighted by Crippen LogP contribution is -2.29. The third-order valence-electron chi connectivity index (χ3n) is 2.21. The van der Waals surface area contributed by atoms with Gasteiger partial charge >= 0.3 is 0 Å². The molecule has 1 amide bonds. The second-order valence-electron chi connectivity index (χ2n) is 3.58. The lowest BCUT2D eigenvalue weighted by molar-refractivity contribution is -0.130. The molecule has 1 aromatic heterocycles. The molecule has 0 fully saturated rings. The summed E-state index contributed by atoms with van der Waals surface area (Å²) in [4.78, 5) is 14.7. The third-order valence-corrected chi connectivity index (χ3v) is 3.89. The van der Waals surface area contributed by atoms with Crippen LogP contribution in [0.2, 0.25) is 0 Å². The van der Waals surface area contributed by atoms with Crippen LogP contribution >= 0.6 is 27.3 Å². The Hall–Kier alpha value is -0.390. The number of halogens is 1. The fourth-order valence-corrected chi connectivity index (χ4v) is 2.83. The third kappa shape index (κ3) is 4.63. The van der Waals surface area contributed by atoms with Gasteiger partial charge in [0.15, 0.2) is 0 Å². The van der Waals surface area contributed by atoms with Gasteiger partial charge in [0.05, 0.1) is 6.54 Å². The fraction of sp³-hybridized carbons (Fsp3) is 0.545. The van der Waals surface area contributed by atoms with Crippen molar-refractivity contribution in [3.63, 3.8) is 0 Å². The molecular formula is C11H17BrN2OS. The highest BCUT2D eigenvalue weighted by atomic mass is 79.9. The Morgan fingerprint density at radius 3 is 2.94 bits per heavy atom. The zero-order valence-electron chi connectivity index (χ0n) is 9.62. The SMILES string of the molecule is CCNCCC(=O)N(C)Cc1cc(Br)cs1. The number of nitrogens with zero attached hydrogens (tertiary/aromatic N) is 1. The second kappa shape index (κ2) is 7.04. The highest BCUT2D eigenvalue weighted by Crippen LogP contribution is 2.20. The normalized spacial score (nSPS) is 10.4. The van der Waals surface area contributed by atoms with Crippen LogP contribution in [-0.2, 0) is 11.3 Å². The first-order valence-corrected chi connectivity index (χ1v) is 6.98. The Morgan fingerprint density at radius 2 is 2.38 bits per heavy atom. The summed E-state index contributed by atoms with van der Waals surface area (Å²) in [5, 5.41) is 5.18. The van der Waals surface area contributed by atoms with Crippen LogP contribution in [0.3, 0.4) is 0 Å². The standard InChI is InChI=1S/C11H17BrN2OS/c1-3-13-5-4-11(15)14(2)7-10-6-9(12)8-16-10/h6,8,13H,3-5,7H2,1-2H3. The monoisotopic (exact) mass is 304 g/mol. The van der Waals surface area contributed by atoms with E-state index in [1.807, 2.05) is 19.4 Å². The van der Waals surface area contributed by atoms with E-state index in [4.69, 9.17) is 0 Å². The van der Waals surface area contributed by atoms with Gasteiger partial charge in [-0.1, -0.05) is 6.92 Å². The number of hydrogen-bond acceptors (Lipinski definition) is 3. The minimum atomic E-state index is 0.186. The average molecular weight is 305 g/mol. The van der Waals surface area contributed by atoms with Crippen molar-refractivity contribution >= 4 is 33.2 Å². The van der Waals surface area contributed by atoms with Crippen molar-refractivity contribution in [3.8, 4) is 0 Å². The van der Waals surface area contributed by atoms with Gasteiger partial charge in [0, 0.05) is 34.7 Å². The fourth-order valence-electron chi connectivity index (χ4n) is 1.32. The summed E-state index contributed by atoms with van der Waals surface area (Å²) in [6.07, 6.45) is 0.566. The molecule has 1 rings (SSSR count). The molecule has 3 nitrogen and oxygen atoms in total. The molecule has 5 heteroatoms. The van der Waals surface area contributed by atoms with Crippen molar-refractivity contribution < 1.29 is 4.79 Å². The van der Waals surface area contributed by atoms with Crippen molar-refractivity contribution in [1.82, 2.24) is 10.2 Å². The topological polar surface area (TPSA) is 32.3 Å². The van der Waals surface area contributed by atoms with Gasteiger partial charge in [0.25, 0.3) is 0 Å². The maximum absolute atomic E-state index is 11.7. The number of rotatable bonds is 6. The van der Waals surface area contributed by atoms with Crippen molar-refractivity contribution in [2.75, 3.05) is 20.1 Å². The van der Waals surface area contributed by atoms with E-state index in [2.05, 4.69) is 27.3 Å². The first-order chi connectivity index (χ1) is 7.63. The van der Waals surface area contributed by atoms with Crippen LogP contribution in [-0.4, -0.2) is 30.9 Å². The van der Waals surface area contributed by atoms with Gasteiger partial charge in [-0.15, -0.1) is 11.3 Å². The molecule has 0 saturated heterocycles. The Labute approximate surface area is 109 Å². The molecule has 16 heavy (non-hydrogen) atoms. The Kier molecular flexibility index (Phi) is 6.01. The van der Waals surface area contributed by atoms with Gasteiger partial charge in [-0.05, 0) is 28.5 Å². The van der Waals surface area contributed by atoms with Crippen LogP contribution in [0.1, 0.15) is 18.2 Å². The number of hydrogen-bond donors (Lipinski definition) is 1. The number of carbonyl (C=O) groups excluding carboxylic acids is 1. The van der Waals surface area contributed by atoms with E-state index in [1.165, 1.54) is 4.88 Å². The minimum Gasteiger partial charge on any atom is -0.341 e. The summed E-state index contributed by atoms with van der Waals surface area (Å²) in [5.74, 6) is 0.186. The average Bonchev–Trinajstić information content (AvgIpc) is 2.64. The largest absolute Gasteiger partial charge is 0.341 e. The highest BCUT2D eigenvalue weighted by Gasteiger charge is 2.09. The molecule has 0 atom stereocenters. The van der Waals surface area contributed by atoms with Crippen molar-refractivity contribution in [3.05, 3.63) is 20.8 Å². The van der Waals surface area contributed by atoms with E-state index in [0.717, 1.165) is 17.6 Å². The molecule has 0 aliphatic carbocycles. The maximum Gasteiger partial charge on any atom is 0.223 e. The molecule has 1 heterocycles. The summed E-state index contributed by atoms with van der Waals surface area (Å²) in [6, 6.07) is 2.05. The molecule has 1 aromatic rings. The Morgan fingerprint density at radius 1 is 1.62 bits per heavy atom. The molecule has 0 aliphatic heterocycles. The predicted octanol–water partition coefficient (Wildman–Crippen LogP) is 2.47. The molecule has 0 aliphatic rings. The molecular weight excluding hydrogens is 288 g/mol. The summed E-state index contributed by atoms with van der Waals surface area (Å²) in [7, 11) is 1.85. The number of thiophene rings is 1. The predicted molar refractivity (Wildman–Crippen MR) is 71.7 cm³/mol. The molecule has 0 aromatic carbocycles. The maximum atomic E-state index is 11.7. The smallest absolute Gasteiger partial charge is 0.223 e. The first kappa shape index (κ1) is 13.7. The molecule has 0 radical (unpaired) electrons. The van der Waals surface area contributed by atoms with Gasteiger partial charge in [-0.25, -0.2) is 0 Å². The first-order valence-electron chi connectivity index (χ1n) is 5.31. The van der Waals surface area contributed by atoms with Gasteiger partial charge < -0.3 is 10.2 Å². The van der Waals surface area contributed by atoms with E-state index in [9.17, 15) is 4.79 Å². The van der Waals surface area contributed by atoms with Crippen LogP contribution in [0, 0.1) is 0 Å². The molecule has 90 valence electrons. The molecule has 1 N–H and O–H groups in total. The summed E-state index contributed by atoms with van der Waals surface area (Å²) in [6.45, 7) is 4.40. The zero-order valence-corrected chi connectivity index (χ0v) is 12.0. The summed E-state index contributed by atoms with van der Waals surface area (Å²) >= 11 is 5.07. The van der Waals surface area contributed by atoms with Crippen LogP contribution < -0.4 is 5.32 Å². The summed E-state index contributed by atoms with van der Waals surface area (Å²) < 4.78 is 1.08. The van der Waals surface area contributed by atoms with Crippen LogP contribution in [0.25, 0.3) is 0 Å². The molecule has 0 unspecified atom stereocenters. The van der Waals surface area contributed by atoms with Crippen molar-refractivity contribution in [1.29, 1.82) is 0 Å². The molecule has 0 spiro atoms. The van der Waals surface area contributed by atoms with E-state index in [1.54, 1.807) is 16.2 Å². The Balaban J connectivity index is 2.34. The minimum absolute atomic E-state index is 0.186. The zero-order chi connectivity index (χ0) is 12.0. The number of carbonyl (C=O) groups is 1. The van der Waals surface area contributed by atoms with E-state index < -0.39 is 0 Å². The second-order valence-corrected chi connectivity index (χ2v) is 5.50. The van der Waals surface area contributed by atoms with Gasteiger partial charge in [0.1, 0.15) is 0 Å².